The van der Waals surface area contributed by atoms with Gasteiger partial charge in [-0.2, -0.15) is 0 Å². The molecule has 1 aliphatic heterocycles. The molecule has 4 nitrogen and oxygen atoms in total. The second-order valence-electron chi connectivity index (χ2n) is 8.96. The van der Waals surface area contributed by atoms with Crippen LogP contribution in [-0.4, -0.2) is 41.6 Å². The molecular formula is C25H38N2O2. The van der Waals surface area contributed by atoms with Crippen molar-refractivity contribution in [3.8, 4) is 0 Å². The summed E-state index contributed by atoms with van der Waals surface area (Å²) in [7, 11) is 0. The van der Waals surface area contributed by atoms with E-state index in [2.05, 4.69) is 30.1 Å². The van der Waals surface area contributed by atoms with Gasteiger partial charge in [-0.25, -0.2) is 0 Å². The first-order valence-electron chi connectivity index (χ1n) is 11.5. The Hall–Kier alpha value is -1.65. The van der Waals surface area contributed by atoms with Crippen LogP contribution in [-0.2, 0) is 10.4 Å². The Morgan fingerprint density at radius 3 is 2.45 bits per heavy atom. The topological polar surface area (TPSA) is 52.6 Å². The van der Waals surface area contributed by atoms with Gasteiger partial charge in [-0.05, 0) is 44.6 Å². The van der Waals surface area contributed by atoms with Crippen LogP contribution in [0, 0.1) is 5.92 Å². The number of piperidine rings is 1. The fraction of sp³-hybridized carbons (Fsp3) is 0.640. The van der Waals surface area contributed by atoms with Crippen LogP contribution in [0.15, 0.2) is 42.0 Å². The fourth-order valence-electron chi connectivity index (χ4n) is 4.92. The van der Waals surface area contributed by atoms with Gasteiger partial charge in [0.25, 0.3) is 5.91 Å². The molecule has 160 valence electrons. The third-order valence-corrected chi connectivity index (χ3v) is 6.77. The minimum absolute atomic E-state index is 0.0108. The first kappa shape index (κ1) is 22.0. The summed E-state index contributed by atoms with van der Waals surface area (Å²) in [4.78, 5) is 15.8. The number of nitrogens with one attached hydrogen (secondary N) is 1. The molecule has 1 saturated carbocycles. The highest BCUT2D eigenvalue weighted by Gasteiger charge is 2.46. The summed E-state index contributed by atoms with van der Waals surface area (Å²) in [5.74, 6) is -0.190. The molecule has 4 heteroatoms. The summed E-state index contributed by atoms with van der Waals surface area (Å²) in [6.07, 6.45) is 10.6. The van der Waals surface area contributed by atoms with Crippen molar-refractivity contribution < 1.29 is 9.90 Å². The van der Waals surface area contributed by atoms with E-state index in [4.69, 9.17) is 0 Å². The maximum Gasteiger partial charge on any atom is 0.257 e. The van der Waals surface area contributed by atoms with Crippen molar-refractivity contribution >= 4 is 5.91 Å². The molecule has 0 bridgehead atoms. The predicted molar refractivity (Wildman–Crippen MR) is 119 cm³/mol. The van der Waals surface area contributed by atoms with Crippen LogP contribution in [0.4, 0.5) is 0 Å². The molecule has 1 aliphatic carbocycles. The van der Waals surface area contributed by atoms with Crippen LogP contribution in [0.3, 0.4) is 0 Å². The molecule has 1 saturated heterocycles. The van der Waals surface area contributed by atoms with Crippen LogP contribution in [0.25, 0.3) is 0 Å². The van der Waals surface area contributed by atoms with E-state index in [0.29, 0.717) is 0 Å². The highest BCUT2D eigenvalue weighted by molar-refractivity contribution is 5.87. The van der Waals surface area contributed by atoms with Crippen molar-refractivity contribution in [1.82, 2.24) is 10.2 Å². The van der Waals surface area contributed by atoms with Gasteiger partial charge in [-0.1, -0.05) is 68.2 Å². The molecule has 3 rings (SSSR count). The summed E-state index contributed by atoms with van der Waals surface area (Å²) in [5, 5.41) is 14.8. The van der Waals surface area contributed by atoms with Crippen molar-refractivity contribution in [2.45, 2.75) is 76.9 Å². The number of allylic oxidation sites excluding steroid dienone is 1. The molecule has 2 fully saturated rings. The van der Waals surface area contributed by atoms with Crippen LogP contribution in [0.2, 0.25) is 0 Å². The lowest BCUT2D eigenvalue weighted by Gasteiger charge is -2.37. The molecule has 0 radical (unpaired) electrons. The Morgan fingerprint density at radius 2 is 1.83 bits per heavy atom. The van der Waals surface area contributed by atoms with Crippen LogP contribution < -0.4 is 5.32 Å². The predicted octanol–water partition coefficient (Wildman–Crippen LogP) is 4.39. The van der Waals surface area contributed by atoms with E-state index in [1.54, 1.807) is 0 Å². The molecule has 2 N–H and O–H groups in total. The lowest BCUT2D eigenvalue weighted by molar-refractivity contribution is -0.148. The molecule has 0 aromatic heterocycles. The summed E-state index contributed by atoms with van der Waals surface area (Å²) in [6, 6.07) is 9.69. The zero-order valence-corrected chi connectivity index (χ0v) is 18.2. The summed E-state index contributed by atoms with van der Waals surface area (Å²) >= 11 is 0. The number of benzene rings is 1. The number of nitrogens with zero attached hydrogens (tertiary/aromatic N) is 1. The number of hydrogen-bond acceptors (Lipinski definition) is 3. The standard InChI is InChI=1S/C25H38N2O2/c1-3-9-20(2)14-17-27-18-15-23(16-19-27)26-24(28)25(29,22-12-7-8-13-22)21-10-5-4-6-11-21/h4-6,10-11,14,22-23,29H,3,7-9,12-13,15-19H2,1-2H3,(H,26,28)/b20-14+. The first-order chi connectivity index (χ1) is 14.0. The van der Waals surface area contributed by atoms with Gasteiger partial charge in [-0.3, -0.25) is 9.69 Å². The van der Waals surface area contributed by atoms with Crippen molar-refractivity contribution in [3.63, 3.8) is 0 Å². The Balaban J connectivity index is 1.59. The van der Waals surface area contributed by atoms with Crippen molar-refractivity contribution in [3.05, 3.63) is 47.5 Å². The number of aliphatic hydroxyl groups is 1. The monoisotopic (exact) mass is 398 g/mol. The highest BCUT2D eigenvalue weighted by Crippen LogP contribution is 2.41. The lowest BCUT2D eigenvalue weighted by atomic mass is 9.79. The maximum absolute atomic E-state index is 13.3. The number of hydrogen-bond donors (Lipinski definition) is 2. The molecule has 1 heterocycles. The molecule has 29 heavy (non-hydrogen) atoms. The summed E-state index contributed by atoms with van der Waals surface area (Å²) in [5.41, 5.74) is 0.792. The van der Waals surface area contributed by atoms with Crippen molar-refractivity contribution in [1.29, 1.82) is 0 Å². The quantitative estimate of drug-likeness (QED) is 0.639. The van der Waals surface area contributed by atoms with Crippen LogP contribution in [0.5, 0.6) is 0 Å². The highest BCUT2D eigenvalue weighted by atomic mass is 16.3. The molecule has 1 atom stereocenters. The zero-order valence-electron chi connectivity index (χ0n) is 18.2. The normalized spacial score (nSPS) is 21.8. The van der Waals surface area contributed by atoms with E-state index in [1.807, 2.05) is 30.3 Å². The lowest BCUT2D eigenvalue weighted by Crippen LogP contribution is -2.54. The molecular weight excluding hydrogens is 360 g/mol. The number of rotatable bonds is 8. The van der Waals surface area contributed by atoms with Gasteiger partial charge in [-0.15, -0.1) is 0 Å². The maximum atomic E-state index is 13.3. The van der Waals surface area contributed by atoms with Crippen LogP contribution in [0.1, 0.15) is 70.8 Å². The Labute approximate surface area is 176 Å². The van der Waals surface area contributed by atoms with E-state index < -0.39 is 5.60 Å². The smallest absolute Gasteiger partial charge is 0.257 e. The van der Waals surface area contributed by atoms with E-state index in [9.17, 15) is 9.90 Å². The molecule has 1 unspecified atom stereocenters. The Morgan fingerprint density at radius 1 is 1.17 bits per heavy atom. The second kappa shape index (κ2) is 10.4. The SMILES string of the molecule is CCC/C(C)=C/CN1CCC(NC(=O)C(O)(c2ccccc2)C2CCCC2)CC1. The number of carbonyl (C=O) groups is 1. The van der Waals surface area contributed by atoms with Gasteiger partial charge in [0.15, 0.2) is 5.60 Å². The molecule has 1 aromatic carbocycles. The average Bonchev–Trinajstić information content (AvgIpc) is 3.29. The van der Waals surface area contributed by atoms with Gasteiger partial charge < -0.3 is 10.4 Å². The van der Waals surface area contributed by atoms with Gasteiger partial charge in [0.05, 0.1) is 0 Å². The number of likely N-dealkylation sites (tertiary alicyclic amines) is 1. The molecule has 1 aromatic rings. The third kappa shape index (κ3) is 5.49. The third-order valence-electron chi connectivity index (χ3n) is 6.77. The number of amides is 1. The number of carbonyl (C=O) groups excluding carboxylic acids is 1. The van der Waals surface area contributed by atoms with E-state index in [0.717, 1.165) is 63.7 Å². The molecule has 0 spiro atoms. The van der Waals surface area contributed by atoms with E-state index in [1.165, 1.54) is 18.4 Å². The fourth-order valence-corrected chi connectivity index (χ4v) is 4.92. The van der Waals surface area contributed by atoms with Crippen molar-refractivity contribution in [2.24, 2.45) is 5.92 Å². The molecule has 1 amide bonds. The minimum Gasteiger partial charge on any atom is -0.375 e. The first-order valence-corrected chi connectivity index (χ1v) is 11.5. The Bertz CT molecular complexity index is 673. The summed E-state index contributed by atoms with van der Waals surface area (Å²) in [6.45, 7) is 7.42. The van der Waals surface area contributed by atoms with E-state index >= 15 is 0 Å². The van der Waals surface area contributed by atoms with Crippen molar-refractivity contribution in [2.75, 3.05) is 19.6 Å². The Kier molecular flexibility index (Phi) is 7.91. The molecule has 2 aliphatic rings. The van der Waals surface area contributed by atoms with Gasteiger partial charge in [0.2, 0.25) is 0 Å². The second-order valence-corrected chi connectivity index (χ2v) is 8.96. The minimum atomic E-state index is -1.41. The largest absolute Gasteiger partial charge is 0.375 e. The van der Waals surface area contributed by atoms with Gasteiger partial charge >= 0.3 is 0 Å². The van der Waals surface area contributed by atoms with Gasteiger partial charge in [0.1, 0.15) is 0 Å². The van der Waals surface area contributed by atoms with Gasteiger partial charge in [0, 0.05) is 31.6 Å². The zero-order chi connectivity index (χ0) is 20.7. The summed E-state index contributed by atoms with van der Waals surface area (Å²) < 4.78 is 0. The van der Waals surface area contributed by atoms with E-state index in [-0.39, 0.29) is 17.9 Å². The average molecular weight is 399 g/mol. The van der Waals surface area contributed by atoms with Crippen LogP contribution >= 0.6 is 0 Å².